The van der Waals surface area contributed by atoms with E-state index < -0.39 is 0 Å². The molecular weight excluding hydrogens is 124 g/mol. The van der Waals surface area contributed by atoms with Crippen molar-refractivity contribution >= 4 is 11.0 Å². The number of H-pyrrole nitrogens is 1. The van der Waals surface area contributed by atoms with Crippen LogP contribution in [-0.2, 0) is 0 Å². The number of benzene rings is 1. The van der Waals surface area contributed by atoms with E-state index in [1.165, 1.54) is 0 Å². The summed E-state index contributed by atoms with van der Waals surface area (Å²) in [5.41, 5.74) is 1.97. The van der Waals surface area contributed by atoms with Crippen LogP contribution >= 0.6 is 0 Å². The molecule has 0 atom stereocenters. The van der Waals surface area contributed by atoms with Crippen LogP contribution < -0.4 is 0 Å². The van der Waals surface area contributed by atoms with Crippen molar-refractivity contribution in [1.29, 1.82) is 0 Å². The first-order valence-corrected chi connectivity index (χ1v) is 3.19. The predicted octanol–water partition coefficient (Wildman–Crippen LogP) is 1.67. The number of nitrogens with one attached hydrogen (secondary N) is 1. The summed E-state index contributed by atoms with van der Waals surface area (Å²) in [7, 11) is 0. The molecule has 1 radical (unpaired) electrons. The Balaban J connectivity index is 2.88. The summed E-state index contributed by atoms with van der Waals surface area (Å²) < 4.78 is 0. The Labute approximate surface area is 58.9 Å². The van der Waals surface area contributed by atoms with Gasteiger partial charge in [0, 0.05) is 6.07 Å². The van der Waals surface area contributed by atoms with Crippen LogP contribution in [0.25, 0.3) is 11.0 Å². The van der Waals surface area contributed by atoms with Gasteiger partial charge in [-0.05, 0) is 13.0 Å². The van der Waals surface area contributed by atoms with Crippen LogP contribution in [0.3, 0.4) is 0 Å². The molecule has 0 amide bonds. The van der Waals surface area contributed by atoms with Crippen LogP contribution in [0.2, 0.25) is 0 Å². The number of imidazole rings is 1. The summed E-state index contributed by atoms with van der Waals surface area (Å²) >= 11 is 0. The molecule has 2 rings (SSSR count). The van der Waals surface area contributed by atoms with Crippen molar-refractivity contribution in [2.45, 2.75) is 6.92 Å². The van der Waals surface area contributed by atoms with Crippen LogP contribution in [-0.4, -0.2) is 9.97 Å². The summed E-state index contributed by atoms with van der Waals surface area (Å²) in [6.45, 7) is 1.94. The molecule has 0 saturated carbocycles. The number of aromatic amines is 1. The van der Waals surface area contributed by atoms with E-state index >= 15 is 0 Å². The van der Waals surface area contributed by atoms with E-state index in [4.69, 9.17) is 0 Å². The molecule has 0 fully saturated rings. The van der Waals surface area contributed by atoms with Gasteiger partial charge in [0.05, 0.1) is 11.0 Å². The van der Waals surface area contributed by atoms with E-state index in [0.29, 0.717) is 0 Å². The van der Waals surface area contributed by atoms with E-state index in [0.717, 1.165) is 16.9 Å². The van der Waals surface area contributed by atoms with Gasteiger partial charge in [0.1, 0.15) is 5.82 Å². The largest absolute Gasteiger partial charge is 0.342 e. The Morgan fingerprint density at radius 3 is 3.30 bits per heavy atom. The van der Waals surface area contributed by atoms with Crippen molar-refractivity contribution in [2.24, 2.45) is 0 Å². The molecule has 0 aliphatic carbocycles. The highest BCUT2D eigenvalue weighted by Crippen LogP contribution is 2.07. The average molecular weight is 131 g/mol. The Morgan fingerprint density at radius 1 is 1.60 bits per heavy atom. The first-order chi connectivity index (χ1) is 4.86. The summed E-state index contributed by atoms with van der Waals surface area (Å²) in [6, 6.07) is 8.83. The number of aryl methyl sites for hydroxylation is 1. The molecule has 1 heterocycles. The molecule has 2 nitrogen and oxygen atoms in total. The Hall–Kier alpha value is -1.31. The second-order valence-corrected chi connectivity index (χ2v) is 2.25. The van der Waals surface area contributed by atoms with Gasteiger partial charge in [-0.25, -0.2) is 4.98 Å². The van der Waals surface area contributed by atoms with Crippen molar-refractivity contribution in [3.63, 3.8) is 0 Å². The van der Waals surface area contributed by atoms with E-state index in [-0.39, 0.29) is 0 Å². The van der Waals surface area contributed by atoms with Crippen molar-refractivity contribution in [1.82, 2.24) is 9.97 Å². The van der Waals surface area contributed by atoms with Gasteiger partial charge < -0.3 is 4.98 Å². The maximum Gasteiger partial charge on any atom is 0.104 e. The highest BCUT2D eigenvalue weighted by atomic mass is 14.9. The maximum atomic E-state index is 4.23. The van der Waals surface area contributed by atoms with Gasteiger partial charge in [0.25, 0.3) is 0 Å². The second kappa shape index (κ2) is 1.84. The lowest BCUT2D eigenvalue weighted by atomic mass is 10.3. The fourth-order valence-corrected chi connectivity index (χ4v) is 1.01. The molecule has 2 heteroatoms. The molecule has 0 aliphatic rings. The van der Waals surface area contributed by atoms with E-state index in [9.17, 15) is 0 Å². The smallest absolute Gasteiger partial charge is 0.104 e. The molecule has 10 heavy (non-hydrogen) atoms. The molecule has 1 aromatic heterocycles. The van der Waals surface area contributed by atoms with Crippen molar-refractivity contribution in [3.05, 3.63) is 30.1 Å². The second-order valence-electron chi connectivity index (χ2n) is 2.25. The van der Waals surface area contributed by atoms with E-state index in [2.05, 4.69) is 16.0 Å². The molecule has 1 aromatic carbocycles. The molecule has 1 N–H and O–H groups in total. The highest BCUT2D eigenvalue weighted by Gasteiger charge is 1.94. The van der Waals surface area contributed by atoms with Gasteiger partial charge in [-0.1, -0.05) is 12.1 Å². The minimum Gasteiger partial charge on any atom is -0.342 e. The van der Waals surface area contributed by atoms with Gasteiger partial charge in [-0.3, -0.25) is 0 Å². The number of hydrogen-bond donors (Lipinski definition) is 1. The third-order valence-electron chi connectivity index (χ3n) is 1.43. The summed E-state index contributed by atoms with van der Waals surface area (Å²) in [6.07, 6.45) is 0. The minimum absolute atomic E-state index is 0.942. The van der Waals surface area contributed by atoms with Crippen LogP contribution in [0.4, 0.5) is 0 Å². The molecule has 0 unspecified atom stereocenters. The fourth-order valence-electron chi connectivity index (χ4n) is 1.01. The lowest BCUT2D eigenvalue weighted by Crippen LogP contribution is -1.68. The zero-order chi connectivity index (χ0) is 6.97. The molecular formula is C8H7N2. The average Bonchev–Trinajstić information content (AvgIpc) is 2.27. The predicted molar refractivity (Wildman–Crippen MR) is 39.7 cm³/mol. The Bertz CT molecular complexity index is 316. The summed E-state index contributed by atoms with van der Waals surface area (Å²) in [4.78, 5) is 7.32. The topological polar surface area (TPSA) is 28.7 Å². The summed E-state index contributed by atoms with van der Waals surface area (Å²) in [5.74, 6) is 0.942. The Morgan fingerprint density at radius 2 is 2.50 bits per heavy atom. The quantitative estimate of drug-likeness (QED) is 0.578. The van der Waals surface area contributed by atoms with Crippen molar-refractivity contribution < 1.29 is 0 Å². The SMILES string of the molecule is Cc1nc2ccc[c]c2[nH]1. The zero-order valence-corrected chi connectivity index (χ0v) is 5.68. The zero-order valence-electron chi connectivity index (χ0n) is 5.68. The highest BCUT2D eigenvalue weighted by molar-refractivity contribution is 5.73. The lowest BCUT2D eigenvalue weighted by molar-refractivity contribution is 1.17. The third-order valence-corrected chi connectivity index (χ3v) is 1.43. The molecule has 0 bridgehead atoms. The van der Waals surface area contributed by atoms with Gasteiger partial charge in [0.15, 0.2) is 0 Å². The molecule has 0 saturated heterocycles. The monoisotopic (exact) mass is 131 g/mol. The minimum atomic E-state index is 0.942. The standard InChI is InChI=1S/C8H7N2/c1-6-9-7-4-2-3-5-8(7)10-6/h2-4H,1H3,(H,9,10). The first kappa shape index (κ1) is 5.47. The van der Waals surface area contributed by atoms with Gasteiger partial charge in [0.2, 0.25) is 0 Å². The molecule has 2 aromatic rings. The van der Waals surface area contributed by atoms with E-state index in [1.807, 2.05) is 25.1 Å². The molecule has 0 spiro atoms. The van der Waals surface area contributed by atoms with Crippen LogP contribution in [0.15, 0.2) is 18.2 Å². The fraction of sp³-hybridized carbons (Fsp3) is 0.125. The number of fused-ring (bicyclic) bond motifs is 1. The van der Waals surface area contributed by atoms with Crippen molar-refractivity contribution in [2.75, 3.05) is 0 Å². The molecule has 0 aliphatic heterocycles. The number of hydrogen-bond acceptors (Lipinski definition) is 1. The number of para-hydroxylation sites is 1. The Kier molecular flexibility index (Phi) is 1.01. The van der Waals surface area contributed by atoms with Gasteiger partial charge in [-0.15, -0.1) is 0 Å². The van der Waals surface area contributed by atoms with Crippen LogP contribution in [0.1, 0.15) is 5.82 Å². The van der Waals surface area contributed by atoms with Crippen molar-refractivity contribution in [3.8, 4) is 0 Å². The number of aromatic nitrogens is 2. The first-order valence-electron chi connectivity index (χ1n) is 3.19. The van der Waals surface area contributed by atoms with E-state index in [1.54, 1.807) is 0 Å². The summed E-state index contributed by atoms with van der Waals surface area (Å²) in [5, 5.41) is 0. The van der Waals surface area contributed by atoms with Gasteiger partial charge >= 0.3 is 0 Å². The number of rotatable bonds is 0. The normalized spacial score (nSPS) is 10.5. The number of nitrogens with zero attached hydrogens (tertiary/aromatic N) is 1. The van der Waals surface area contributed by atoms with Crippen LogP contribution in [0.5, 0.6) is 0 Å². The third kappa shape index (κ3) is 0.692. The van der Waals surface area contributed by atoms with Crippen LogP contribution in [0, 0.1) is 13.0 Å². The molecule has 49 valence electrons. The lowest BCUT2D eigenvalue weighted by Gasteiger charge is -1.80. The van der Waals surface area contributed by atoms with Gasteiger partial charge in [-0.2, -0.15) is 0 Å². The maximum absolute atomic E-state index is 4.23.